The minimum Gasteiger partial charge on any atom is -0.487 e. The second-order valence-electron chi connectivity index (χ2n) is 6.89. The molecule has 0 saturated carbocycles. The average molecular weight is 405 g/mol. The highest BCUT2D eigenvalue weighted by molar-refractivity contribution is 8.14. The van der Waals surface area contributed by atoms with Gasteiger partial charge in [0.15, 0.2) is 0 Å². The first-order valence-corrected chi connectivity index (χ1v) is 11.2. The molecular formula is C21H25FN2OS2. The zero-order valence-electron chi connectivity index (χ0n) is 15.9. The lowest BCUT2D eigenvalue weighted by Gasteiger charge is -2.20. The van der Waals surface area contributed by atoms with Gasteiger partial charge in [-0.2, -0.15) is 0 Å². The Balaban J connectivity index is 1.49. The van der Waals surface area contributed by atoms with Crippen LogP contribution in [0.15, 0.2) is 52.4 Å². The fourth-order valence-corrected chi connectivity index (χ4v) is 4.40. The zero-order valence-corrected chi connectivity index (χ0v) is 17.6. The maximum absolute atomic E-state index is 13.4. The minimum absolute atomic E-state index is 0.111. The van der Waals surface area contributed by atoms with Crippen molar-refractivity contribution in [3.8, 4) is 5.75 Å². The predicted molar refractivity (Wildman–Crippen MR) is 116 cm³/mol. The van der Waals surface area contributed by atoms with Crippen LogP contribution in [0.2, 0.25) is 0 Å². The van der Waals surface area contributed by atoms with Gasteiger partial charge in [-0.25, -0.2) is 4.39 Å². The van der Waals surface area contributed by atoms with E-state index in [0.717, 1.165) is 40.8 Å². The number of halogens is 1. The summed E-state index contributed by atoms with van der Waals surface area (Å²) in [6.07, 6.45) is 2.95. The standard InChI is InChI=1S/C21H25FN2OS2/c1-15-4-5-16(22)12-19(15)23-11-10-21(2)14-27-20(24-21)13-25-17-6-8-18(26-3)9-7-17/h4-9,12,23H,10-11,13-14H2,1-3H3. The van der Waals surface area contributed by atoms with Gasteiger partial charge in [0.2, 0.25) is 0 Å². The molecule has 6 heteroatoms. The van der Waals surface area contributed by atoms with E-state index in [9.17, 15) is 4.39 Å². The molecule has 1 heterocycles. The van der Waals surface area contributed by atoms with E-state index >= 15 is 0 Å². The number of aryl methyl sites for hydroxylation is 1. The number of ether oxygens (including phenoxy) is 1. The van der Waals surface area contributed by atoms with Crippen molar-refractivity contribution in [3.05, 3.63) is 53.8 Å². The van der Waals surface area contributed by atoms with Crippen molar-refractivity contribution in [1.82, 2.24) is 0 Å². The Bertz CT molecular complexity index is 810. The van der Waals surface area contributed by atoms with Crippen molar-refractivity contribution < 1.29 is 9.13 Å². The number of thioether (sulfide) groups is 2. The highest BCUT2D eigenvalue weighted by Crippen LogP contribution is 2.31. The number of nitrogens with one attached hydrogen (secondary N) is 1. The van der Waals surface area contributed by atoms with Gasteiger partial charge in [0.25, 0.3) is 0 Å². The molecule has 3 nitrogen and oxygen atoms in total. The molecule has 0 spiro atoms. The Morgan fingerprint density at radius 1 is 1.26 bits per heavy atom. The second kappa shape index (κ2) is 9.02. The van der Waals surface area contributed by atoms with Gasteiger partial charge in [0.05, 0.1) is 5.54 Å². The minimum atomic E-state index is -0.214. The summed E-state index contributed by atoms with van der Waals surface area (Å²) < 4.78 is 19.3. The van der Waals surface area contributed by atoms with Crippen molar-refractivity contribution in [3.63, 3.8) is 0 Å². The lowest BCUT2D eigenvalue weighted by atomic mass is 10.0. The van der Waals surface area contributed by atoms with E-state index in [2.05, 4.69) is 30.6 Å². The van der Waals surface area contributed by atoms with Gasteiger partial charge in [-0.15, -0.1) is 23.5 Å². The fraction of sp³-hybridized carbons (Fsp3) is 0.381. The molecule has 0 saturated heterocycles. The molecule has 0 fully saturated rings. The Morgan fingerprint density at radius 3 is 2.78 bits per heavy atom. The molecule has 0 aliphatic carbocycles. The van der Waals surface area contributed by atoms with E-state index in [1.54, 1.807) is 35.7 Å². The van der Waals surface area contributed by atoms with Gasteiger partial charge in [-0.3, -0.25) is 4.99 Å². The molecule has 0 amide bonds. The lowest BCUT2D eigenvalue weighted by molar-refractivity contribution is 0.377. The van der Waals surface area contributed by atoms with Crippen LogP contribution in [0.25, 0.3) is 0 Å². The first-order valence-electron chi connectivity index (χ1n) is 8.96. The maximum Gasteiger partial charge on any atom is 0.136 e. The lowest BCUT2D eigenvalue weighted by Crippen LogP contribution is -2.26. The first-order chi connectivity index (χ1) is 13.0. The molecule has 144 valence electrons. The van der Waals surface area contributed by atoms with E-state index < -0.39 is 0 Å². The van der Waals surface area contributed by atoms with E-state index in [1.807, 2.05) is 19.1 Å². The Hall–Kier alpha value is -1.66. The topological polar surface area (TPSA) is 33.6 Å². The summed E-state index contributed by atoms with van der Waals surface area (Å²) in [6.45, 7) is 5.42. The number of benzene rings is 2. The smallest absolute Gasteiger partial charge is 0.136 e. The molecule has 2 aromatic carbocycles. The van der Waals surface area contributed by atoms with Crippen LogP contribution in [0.1, 0.15) is 18.9 Å². The number of hydrogen-bond donors (Lipinski definition) is 1. The average Bonchev–Trinajstić information content (AvgIpc) is 3.04. The molecule has 0 radical (unpaired) electrons. The second-order valence-corrected chi connectivity index (χ2v) is 8.82. The summed E-state index contributed by atoms with van der Waals surface area (Å²) in [5.41, 5.74) is 1.79. The highest BCUT2D eigenvalue weighted by Gasteiger charge is 2.30. The normalized spacial score (nSPS) is 19.0. The summed E-state index contributed by atoms with van der Waals surface area (Å²) in [4.78, 5) is 6.10. The van der Waals surface area contributed by atoms with Gasteiger partial charge < -0.3 is 10.1 Å². The predicted octanol–water partition coefficient (Wildman–Crippen LogP) is 5.64. The monoisotopic (exact) mass is 404 g/mol. The molecular weight excluding hydrogens is 379 g/mol. The van der Waals surface area contributed by atoms with Crippen LogP contribution in [-0.4, -0.2) is 35.7 Å². The van der Waals surface area contributed by atoms with Crippen LogP contribution in [-0.2, 0) is 0 Å². The Labute approximate surface area is 169 Å². The quantitative estimate of drug-likeness (QED) is 0.577. The Morgan fingerprint density at radius 2 is 2.04 bits per heavy atom. The molecule has 3 rings (SSSR count). The van der Waals surface area contributed by atoms with Crippen LogP contribution in [0.5, 0.6) is 5.75 Å². The summed E-state index contributed by atoms with van der Waals surface area (Å²) >= 11 is 3.48. The third-order valence-electron chi connectivity index (χ3n) is 4.54. The van der Waals surface area contributed by atoms with Crippen molar-refractivity contribution >= 4 is 34.3 Å². The summed E-state index contributed by atoms with van der Waals surface area (Å²) in [7, 11) is 0. The molecule has 27 heavy (non-hydrogen) atoms. The SMILES string of the molecule is CSc1ccc(OCC2=NC(C)(CCNc3cc(F)ccc3C)CS2)cc1. The van der Waals surface area contributed by atoms with Crippen LogP contribution in [0, 0.1) is 12.7 Å². The van der Waals surface area contributed by atoms with E-state index in [-0.39, 0.29) is 11.4 Å². The third-order valence-corrected chi connectivity index (χ3v) is 6.60. The summed E-state index contributed by atoms with van der Waals surface area (Å²) in [5.74, 6) is 1.60. The fourth-order valence-electron chi connectivity index (χ4n) is 2.87. The number of nitrogens with zero attached hydrogens (tertiary/aromatic N) is 1. The van der Waals surface area contributed by atoms with Gasteiger partial charge >= 0.3 is 0 Å². The van der Waals surface area contributed by atoms with Gasteiger partial charge in [0.1, 0.15) is 23.2 Å². The number of rotatable bonds is 8. The number of hydrogen-bond acceptors (Lipinski definition) is 5. The molecule has 1 aliphatic heterocycles. The summed E-state index contributed by atoms with van der Waals surface area (Å²) in [6, 6.07) is 12.9. The third kappa shape index (κ3) is 5.66. The zero-order chi connectivity index (χ0) is 19.3. The van der Waals surface area contributed by atoms with Gasteiger partial charge in [0, 0.05) is 22.9 Å². The molecule has 0 aromatic heterocycles. The number of aliphatic imine (C=N–C) groups is 1. The molecule has 1 atom stereocenters. The highest BCUT2D eigenvalue weighted by atomic mass is 32.2. The van der Waals surface area contributed by atoms with E-state index in [0.29, 0.717) is 6.61 Å². The van der Waals surface area contributed by atoms with Crippen LogP contribution in [0.3, 0.4) is 0 Å². The van der Waals surface area contributed by atoms with Gasteiger partial charge in [-0.1, -0.05) is 6.07 Å². The van der Waals surface area contributed by atoms with Crippen LogP contribution >= 0.6 is 23.5 Å². The van der Waals surface area contributed by atoms with Crippen LogP contribution in [0.4, 0.5) is 10.1 Å². The molecule has 0 bridgehead atoms. The molecule has 1 N–H and O–H groups in total. The maximum atomic E-state index is 13.4. The Kier molecular flexibility index (Phi) is 6.71. The number of anilines is 1. The molecule has 1 unspecified atom stereocenters. The van der Waals surface area contributed by atoms with Crippen molar-refractivity contribution in [1.29, 1.82) is 0 Å². The van der Waals surface area contributed by atoms with E-state index in [4.69, 9.17) is 9.73 Å². The van der Waals surface area contributed by atoms with Crippen molar-refractivity contribution in [2.24, 2.45) is 4.99 Å². The van der Waals surface area contributed by atoms with Crippen molar-refractivity contribution in [2.75, 3.05) is 30.5 Å². The summed E-state index contributed by atoms with van der Waals surface area (Å²) in [5, 5.41) is 4.37. The van der Waals surface area contributed by atoms with Crippen LogP contribution < -0.4 is 10.1 Å². The molecule has 2 aromatic rings. The molecule has 1 aliphatic rings. The van der Waals surface area contributed by atoms with Gasteiger partial charge in [-0.05, 0) is 68.5 Å². The van der Waals surface area contributed by atoms with E-state index in [1.165, 1.54) is 11.0 Å². The first kappa shape index (κ1) is 20.1. The van der Waals surface area contributed by atoms with Crippen molar-refractivity contribution in [2.45, 2.75) is 30.7 Å². The largest absolute Gasteiger partial charge is 0.487 e.